The van der Waals surface area contributed by atoms with Gasteiger partial charge >= 0.3 is 0 Å². The third-order valence-corrected chi connectivity index (χ3v) is 7.25. The molecule has 0 bridgehead atoms. The van der Waals surface area contributed by atoms with Crippen LogP contribution in [0.15, 0.2) is 0 Å². The monoisotopic (exact) mass is 247 g/mol. The predicted molar refractivity (Wildman–Crippen MR) is 75.4 cm³/mol. The van der Waals surface area contributed by atoms with Crippen molar-refractivity contribution in [3.8, 4) is 0 Å². The highest BCUT2D eigenvalue weighted by Gasteiger charge is 2.59. The maximum atomic E-state index is 2.84. The van der Waals surface area contributed by atoms with Crippen LogP contribution < -0.4 is 0 Å². The smallest absolute Gasteiger partial charge is 0.0158 e. The Kier molecular flexibility index (Phi) is 2.76. The minimum absolute atomic E-state index is 0.950. The lowest BCUT2D eigenvalue weighted by molar-refractivity contribution is 0.114. The van der Waals surface area contributed by atoms with Gasteiger partial charge in [-0.15, -0.1) is 0 Å². The van der Waals surface area contributed by atoms with E-state index < -0.39 is 0 Å². The molecule has 3 saturated carbocycles. The Balaban J connectivity index is 1.67. The van der Waals surface area contributed by atoms with Gasteiger partial charge in [-0.3, -0.25) is 4.90 Å². The number of rotatable bonds is 0. The Morgan fingerprint density at radius 3 is 2.17 bits per heavy atom. The van der Waals surface area contributed by atoms with Gasteiger partial charge in [0.2, 0.25) is 0 Å². The molecule has 0 radical (unpaired) electrons. The number of fused-ring (bicyclic) bond motifs is 5. The first-order valence-electron chi connectivity index (χ1n) is 8.51. The van der Waals surface area contributed by atoms with Crippen LogP contribution in [-0.4, -0.2) is 24.0 Å². The SMILES string of the molecule is CC1C2CCCCC2C2C3CCCCC3N(C)C12. The lowest BCUT2D eigenvalue weighted by atomic mass is 9.69. The molecule has 4 fully saturated rings. The third kappa shape index (κ3) is 1.43. The summed E-state index contributed by atoms with van der Waals surface area (Å²) in [5.41, 5.74) is 0. The van der Waals surface area contributed by atoms with Crippen molar-refractivity contribution in [2.45, 2.75) is 70.4 Å². The molecule has 102 valence electrons. The molecule has 0 aromatic carbocycles. The molecule has 1 aliphatic heterocycles. The lowest BCUT2D eigenvalue weighted by Crippen LogP contribution is -2.39. The van der Waals surface area contributed by atoms with Crippen LogP contribution in [0.5, 0.6) is 0 Å². The van der Waals surface area contributed by atoms with Gasteiger partial charge < -0.3 is 0 Å². The maximum Gasteiger partial charge on any atom is 0.0158 e. The van der Waals surface area contributed by atoms with Gasteiger partial charge in [0, 0.05) is 12.1 Å². The lowest BCUT2D eigenvalue weighted by Gasteiger charge is -2.38. The van der Waals surface area contributed by atoms with Crippen molar-refractivity contribution in [2.24, 2.45) is 29.6 Å². The van der Waals surface area contributed by atoms with Gasteiger partial charge in [-0.1, -0.05) is 32.6 Å². The van der Waals surface area contributed by atoms with E-state index in [0.717, 1.165) is 41.7 Å². The van der Waals surface area contributed by atoms with Gasteiger partial charge in [0.05, 0.1) is 0 Å². The molecule has 0 aromatic rings. The first-order chi connectivity index (χ1) is 8.79. The number of hydrogen-bond acceptors (Lipinski definition) is 1. The molecule has 3 aliphatic carbocycles. The van der Waals surface area contributed by atoms with Crippen LogP contribution in [0, 0.1) is 29.6 Å². The molecule has 0 aromatic heterocycles. The quantitative estimate of drug-likeness (QED) is 0.627. The van der Waals surface area contributed by atoms with Crippen molar-refractivity contribution < 1.29 is 0 Å². The predicted octanol–water partition coefficient (Wildman–Crippen LogP) is 3.93. The highest BCUT2D eigenvalue weighted by molar-refractivity contribution is 5.11. The number of hydrogen-bond donors (Lipinski definition) is 0. The Morgan fingerprint density at radius 2 is 1.39 bits per heavy atom. The normalized spacial score (nSPS) is 56.0. The standard InChI is InChI=1S/C17H29N/c1-11-12-7-3-4-8-13(12)16-14-9-5-6-10-15(14)18(2)17(11)16/h11-17H,3-10H2,1-2H3. The molecule has 4 rings (SSSR count). The van der Waals surface area contributed by atoms with Gasteiger partial charge in [-0.2, -0.15) is 0 Å². The van der Waals surface area contributed by atoms with Crippen LogP contribution in [0.4, 0.5) is 0 Å². The van der Waals surface area contributed by atoms with Crippen LogP contribution in [0.3, 0.4) is 0 Å². The molecule has 4 aliphatic rings. The second-order valence-corrected chi connectivity index (χ2v) is 7.72. The highest BCUT2D eigenvalue weighted by atomic mass is 15.2. The first kappa shape index (κ1) is 11.8. The molecule has 1 heteroatoms. The van der Waals surface area contributed by atoms with E-state index >= 15 is 0 Å². The minimum atomic E-state index is 0.950. The third-order valence-electron chi connectivity index (χ3n) is 7.25. The molecular weight excluding hydrogens is 218 g/mol. The van der Waals surface area contributed by atoms with E-state index in [1.54, 1.807) is 19.3 Å². The summed E-state index contributed by atoms with van der Waals surface area (Å²) in [7, 11) is 2.46. The van der Waals surface area contributed by atoms with E-state index in [1.165, 1.54) is 32.1 Å². The Labute approximate surface area is 112 Å². The van der Waals surface area contributed by atoms with E-state index in [0.29, 0.717) is 0 Å². The molecule has 1 heterocycles. The van der Waals surface area contributed by atoms with Crippen LogP contribution >= 0.6 is 0 Å². The van der Waals surface area contributed by atoms with Gasteiger partial charge in [0.25, 0.3) is 0 Å². The molecule has 0 spiro atoms. The summed E-state index contributed by atoms with van der Waals surface area (Å²) in [6.07, 6.45) is 12.2. The minimum Gasteiger partial charge on any atom is -0.300 e. The van der Waals surface area contributed by atoms with Crippen LogP contribution in [0.25, 0.3) is 0 Å². The molecule has 1 nitrogen and oxygen atoms in total. The van der Waals surface area contributed by atoms with Gasteiger partial charge in [0.15, 0.2) is 0 Å². The van der Waals surface area contributed by atoms with Crippen LogP contribution in [-0.2, 0) is 0 Å². The Bertz CT molecular complexity index is 296. The van der Waals surface area contributed by atoms with Crippen molar-refractivity contribution in [1.82, 2.24) is 4.90 Å². The zero-order valence-corrected chi connectivity index (χ0v) is 12.1. The highest BCUT2D eigenvalue weighted by Crippen LogP contribution is 2.59. The molecule has 0 N–H and O–H groups in total. The fourth-order valence-electron chi connectivity index (χ4n) is 6.70. The molecule has 7 atom stereocenters. The van der Waals surface area contributed by atoms with E-state index in [2.05, 4.69) is 18.9 Å². The summed E-state index contributed by atoms with van der Waals surface area (Å²) in [5, 5.41) is 0. The largest absolute Gasteiger partial charge is 0.300 e. The zero-order chi connectivity index (χ0) is 12.3. The summed E-state index contributed by atoms with van der Waals surface area (Å²) in [6.45, 7) is 2.58. The molecule has 0 amide bonds. The summed E-state index contributed by atoms with van der Waals surface area (Å²) >= 11 is 0. The first-order valence-corrected chi connectivity index (χ1v) is 8.51. The van der Waals surface area contributed by atoms with Gasteiger partial charge in [0.1, 0.15) is 0 Å². The van der Waals surface area contributed by atoms with E-state index in [4.69, 9.17) is 0 Å². The molecular formula is C17H29N. The summed E-state index contributed by atoms with van der Waals surface area (Å²) in [5.74, 6) is 5.33. The van der Waals surface area contributed by atoms with Crippen molar-refractivity contribution in [3.63, 3.8) is 0 Å². The second-order valence-electron chi connectivity index (χ2n) is 7.72. The fraction of sp³-hybridized carbons (Fsp3) is 1.00. The number of likely N-dealkylation sites (tertiary alicyclic amines) is 1. The van der Waals surface area contributed by atoms with Crippen LogP contribution in [0.1, 0.15) is 58.3 Å². The van der Waals surface area contributed by atoms with Crippen LogP contribution in [0.2, 0.25) is 0 Å². The topological polar surface area (TPSA) is 3.24 Å². The average molecular weight is 247 g/mol. The van der Waals surface area contributed by atoms with Crippen molar-refractivity contribution in [2.75, 3.05) is 7.05 Å². The fourth-order valence-corrected chi connectivity index (χ4v) is 6.70. The summed E-state index contributed by atoms with van der Waals surface area (Å²) in [6, 6.07) is 1.91. The summed E-state index contributed by atoms with van der Waals surface area (Å²) in [4.78, 5) is 2.84. The summed E-state index contributed by atoms with van der Waals surface area (Å²) < 4.78 is 0. The molecule has 7 unspecified atom stereocenters. The van der Waals surface area contributed by atoms with E-state index in [9.17, 15) is 0 Å². The van der Waals surface area contributed by atoms with E-state index in [-0.39, 0.29) is 0 Å². The van der Waals surface area contributed by atoms with Gasteiger partial charge in [-0.25, -0.2) is 0 Å². The van der Waals surface area contributed by atoms with Crippen molar-refractivity contribution >= 4 is 0 Å². The van der Waals surface area contributed by atoms with Crippen molar-refractivity contribution in [1.29, 1.82) is 0 Å². The zero-order valence-electron chi connectivity index (χ0n) is 12.1. The Morgan fingerprint density at radius 1 is 0.778 bits per heavy atom. The maximum absolute atomic E-state index is 2.84. The average Bonchev–Trinajstić information content (AvgIpc) is 2.87. The van der Waals surface area contributed by atoms with Crippen molar-refractivity contribution in [3.05, 3.63) is 0 Å². The van der Waals surface area contributed by atoms with Gasteiger partial charge in [-0.05, 0) is 62.3 Å². The Hall–Kier alpha value is -0.0400. The molecule has 1 saturated heterocycles. The van der Waals surface area contributed by atoms with E-state index in [1.807, 2.05) is 0 Å². The number of nitrogens with zero attached hydrogens (tertiary/aromatic N) is 1. The molecule has 18 heavy (non-hydrogen) atoms. The second kappa shape index (κ2) is 4.23.